The quantitative estimate of drug-likeness (QED) is 0.185. The van der Waals surface area contributed by atoms with Crippen LogP contribution < -0.4 is 15.2 Å². The van der Waals surface area contributed by atoms with Crippen LogP contribution in [-0.4, -0.2) is 47.2 Å². The fraction of sp³-hybridized carbons (Fsp3) is 0.227. The zero-order chi connectivity index (χ0) is 24.2. The first kappa shape index (κ1) is 24.1. The van der Waals surface area contributed by atoms with E-state index in [1.54, 1.807) is 31.3 Å². The first-order valence-electron chi connectivity index (χ1n) is 10.0. The van der Waals surface area contributed by atoms with Crippen LogP contribution in [0.1, 0.15) is 39.7 Å². The molecular weight excluding hydrogens is 448 g/mol. The molecule has 33 heavy (non-hydrogen) atoms. The van der Waals surface area contributed by atoms with Gasteiger partial charge in [0.1, 0.15) is 12.4 Å². The van der Waals surface area contributed by atoms with E-state index >= 15 is 0 Å². The number of hydrogen-bond acceptors (Lipinski definition) is 8. The Labute approximate surface area is 192 Å². The van der Waals surface area contributed by atoms with Gasteiger partial charge in [-0.05, 0) is 12.1 Å². The van der Waals surface area contributed by atoms with Crippen LogP contribution in [0.25, 0.3) is 0 Å². The lowest BCUT2D eigenvalue weighted by Crippen LogP contribution is -2.24. The summed E-state index contributed by atoms with van der Waals surface area (Å²) in [4.78, 5) is 26.2. The third-order valence-corrected chi connectivity index (χ3v) is 5.08. The van der Waals surface area contributed by atoms with Gasteiger partial charge in [0.15, 0.2) is 11.6 Å². The minimum atomic E-state index is -5.17. The number of hydrogen-bond donors (Lipinski definition) is 2. The Bertz CT molecular complexity index is 1300. The number of carbonyl (C=O) groups is 2. The highest BCUT2D eigenvalue weighted by Gasteiger charge is 2.33. The summed E-state index contributed by atoms with van der Waals surface area (Å²) in [5.41, 5.74) is 3.23. The second-order valence-electron chi connectivity index (χ2n) is 7.37. The summed E-state index contributed by atoms with van der Waals surface area (Å²) in [6, 6.07) is 10.7. The van der Waals surface area contributed by atoms with Crippen molar-refractivity contribution in [2.24, 2.45) is 7.05 Å². The molecule has 0 aliphatic heterocycles. The Morgan fingerprint density at radius 1 is 1.00 bits per heavy atom. The molecule has 174 valence electrons. The fourth-order valence-corrected chi connectivity index (χ4v) is 3.70. The maximum Gasteiger partial charge on any atom is 1.00 e. The van der Waals surface area contributed by atoms with E-state index in [2.05, 4.69) is 15.2 Å². The van der Waals surface area contributed by atoms with E-state index in [0.29, 0.717) is 40.2 Å². The number of nitrogens with zero attached hydrogens (tertiary/aromatic N) is 2. The molecule has 3 aromatic rings. The third-order valence-electron chi connectivity index (χ3n) is 5.08. The van der Waals surface area contributed by atoms with Gasteiger partial charge in [0.2, 0.25) is 6.33 Å². The van der Waals surface area contributed by atoms with Crippen LogP contribution in [0.5, 0.6) is 0 Å². The van der Waals surface area contributed by atoms with Gasteiger partial charge in [-0.15, -0.1) is 0 Å². The molecule has 0 saturated carbocycles. The molecule has 0 fully saturated rings. The molecule has 2 aromatic carbocycles. The van der Waals surface area contributed by atoms with Gasteiger partial charge < -0.3 is 19.7 Å². The fourth-order valence-electron chi connectivity index (χ4n) is 3.70. The Morgan fingerprint density at radius 3 is 2.06 bits per heavy atom. The van der Waals surface area contributed by atoms with Crippen LogP contribution >= 0.6 is 0 Å². The van der Waals surface area contributed by atoms with Crippen LogP contribution in [0.4, 0.5) is 11.4 Å². The molecule has 1 aromatic heterocycles. The number of nitrogens with one attached hydrogen (secondary N) is 2. The van der Waals surface area contributed by atoms with E-state index in [1.165, 1.54) is 0 Å². The van der Waals surface area contributed by atoms with Crippen molar-refractivity contribution in [3.05, 3.63) is 77.4 Å². The smallest absolute Gasteiger partial charge is 0.759 e. The normalized spacial score (nSPS) is 12.4. The molecule has 0 saturated heterocycles. The molecule has 11 heteroatoms. The molecule has 0 spiro atoms. The average Bonchev–Trinajstić information content (AvgIpc) is 3.18. The number of anilines is 2. The van der Waals surface area contributed by atoms with Crippen LogP contribution in [0.2, 0.25) is 0 Å². The van der Waals surface area contributed by atoms with E-state index in [4.69, 9.17) is 17.5 Å². The molecule has 1 heterocycles. The number of aromatic nitrogens is 2. The van der Waals surface area contributed by atoms with E-state index in [9.17, 15) is 9.59 Å². The molecular formula is C22H24N4O6S. The standard InChI is InChI=1S/C22H22N4O2.H2O4S/c1-23-17-8-9-18(24-10-5-11-26-13-12-25(2)14-26)20-19(17)21(27)15-6-3-4-7-16(15)22(20)28;1-5(2,3)4/h3-4,6-9,12-14H,5,10-11H2,1-2H3,(H-,23,24,27,28);(H2,1,2,3,4). The van der Waals surface area contributed by atoms with E-state index in [0.717, 1.165) is 13.0 Å². The predicted octanol–water partition coefficient (Wildman–Crippen LogP) is 1.41. The second-order valence-corrected chi connectivity index (χ2v) is 8.19. The molecule has 10 nitrogen and oxygen atoms in total. The van der Waals surface area contributed by atoms with Gasteiger partial charge in [0, 0.05) is 52.9 Å². The van der Waals surface area contributed by atoms with Gasteiger partial charge in [-0.2, -0.15) is 0 Å². The Kier molecular flexibility index (Phi) is 7.26. The number of imidazole rings is 1. The zero-order valence-electron chi connectivity index (χ0n) is 19.1. The van der Waals surface area contributed by atoms with E-state index in [1.807, 2.05) is 42.5 Å². The van der Waals surface area contributed by atoms with Gasteiger partial charge in [-0.25, -0.2) is 9.13 Å². The number of fused-ring (bicyclic) bond motifs is 2. The van der Waals surface area contributed by atoms with Crippen molar-refractivity contribution >= 4 is 33.3 Å². The molecule has 2 N–H and O–H groups in total. The highest BCUT2D eigenvalue weighted by atomic mass is 32.3. The number of carbonyl (C=O) groups excluding carboxylic acids is 2. The first-order valence-corrected chi connectivity index (χ1v) is 11.4. The molecule has 0 amide bonds. The number of rotatable bonds is 6. The molecule has 0 atom stereocenters. The lowest BCUT2D eigenvalue weighted by atomic mass is 9.82. The molecule has 4 rings (SSSR count). The van der Waals surface area contributed by atoms with E-state index < -0.39 is 10.4 Å². The van der Waals surface area contributed by atoms with Crippen LogP contribution in [-0.2, 0) is 24.0 Å². The van der Waals surface area contributed by atoms with Crippen LogP contribution in [0.3, 0.4) is 0 Å². The summed E-state index contributed by atoms with van der Waals surface area (Å²) < 4.78 is 38.2. The van der Waals surface area contributed by atoms with Crippen LogP contribution in [0.15, 0.2) is 55.1 Å². The SMILES string of the molecule is CNc1ccc(NCCCn2cc[n+](C)c2)c2c1C(=O)c1ccccc1C2=O.O=S(=O)([O-])[O-].[H+]. The topological polar surface area (TPSA) is 147 Å². The molecule has 0 unspecified atom stereocenters. The Morgan fingerprint density at radius 2 is 1.55 bits per heavy atom. The Balaban J connectivity index is 0.000000619. The Hall–Kier alpha value is -3.54. The van der Waals surface area contributed by atoms with Crippen molar-refractivity contribution < 1.29 is 33.1 Å². The summed E-state index contributed by atoms with van der Waals surface area (Å²) in [5.74, 6) is -0.222. The maximum atomic E-state index is 13.2. The van der Waals surface area contributed by atoms with Crippen molar-refractivity contribution in [3.63, 3.8) is 0 Å². The van der Waals surface area contributed by atoms with Gasteiger partial charge in [-0.1, -0.05) is 24.3 Å². The molecule has 0 bridgehead atoms. The third kappa shape index (κ3) is 5.83. The monoisotopic (exact) mass is 472 g/mol. The zero-order valence-corrected chi connectivity index (χ0v) is 18.9. The van der Waals surface area contributed by atoms with Gasteiger partial charge >= 0.3 is 1.43 Å². The average molecular weight is 473 g/mol. The minimum absolute atomic E-state index is 0. The van der Waals surface area contributed by atoms with E-state index in [-0.39, 0.29) is 13.0 Å². The summed E-state index contributed by atoms with van der Waals surface area (Å²) in [7, 11) is -1.41. The summed E-state index contributed by atoms with van der Waals surface area (Å²) in [6.07, 6.45) is 6.96. The lowest BCUT2D eigenvalue weighted by molar-refractivity contribution is -0.671. The van der Waals surface area contributed by atoms with Gasteiger partial charge in [0.25, 0.3) is 0 Å². The molecule has 0 radical (unpaired) electrons. The van der Waals surface area contributed by atoms with Crippen molar-refractivity contribution in [1.82, 2.24) is 4.57 Å². The summed E-state index contributed by atoms with van der Waals surface area (Å²) >= 11 is 0. The van der Waals surface area contributed by atoms with Crippen LogP contribution in [0, 0.1) is 0 Å². The number of ketones is 2. The molecule has 1 aliphatic carbocycles. The van der Waals surface area contributed by atoms with Crippen molar-refractivity contribution in [2.75, 3.05) is 24.2 Å². The summed E-state index contributed by atoms with van der Waals surface area (Å²) in [5, 5.41) is 6.41. The van der Waals surface area contributed by atoms with Gasteiger partial charge in [-0.3, -0.25) is 18.0 Å². The number of aryl methyl sites for hydroxylation is 2. The maximum absolute atomic E-state index is 13.2. The first-order chi connectivity index (χ1) is 15.6. The predicted molar refractivity (Wildman–Crippen MR) is 120 cm³/mol. The van der Waals surface area contributed by atoms with Crippen molar-refractivity contribution in [2.45, 2.75) is 13.0 Å². The number of benzene rings is 2. The highest BCUT2D eigenvalue weighted by molar-refractivity contribution is 7.79. The lowest BCUT2D eigenvalue weighted by Gasteiger charge is -2.23. The summed E-state index contributed by atoms with van der Waals surface area (Å²) in [6.45, 7) is 1.58. The van der Waals surface area contributed by atoms with Crippen molar-refractivity contribution in [1.29, 1.82) is 0 Å². The minimum Gasteiger partial charge on any atom is -0.759 e. The second kappa shape index (κ2) is 9.94. The highest BCUT2D eigenvalue weighted by Crippen LogP contribution is 2.36. The largest absolute Gasteiger partial charge is 1.00 e. The van der Waals surface area contributed by atoms with Gasteiger partial charge in [0.05, 0.1) is 24.7 Å². The van der Waals surface area contributed by atoms with Crippen molar-refractivity contribution in [3.8, 4) is 0 Å². The molecule has 1 aliphatic rings.